The van der Waals surface area contributed by atoms with Crippen molar-refractivity contribution >= 4 is 11.4 Å². The van der Waals surface area contributed by atoms with Crippen molar-refractivity contribution in [2.24, 2.45) is 9.98 Å². The summed E-state index contributed by atoms with van der Waals surface area (Å²) in [6.07, 6.45) is 0. The van der Waals surface area contributed by atoms with E-state index in [4.69, 9.17) is 33.9 Å². The van der Waals surface area contributed by atoms with Crippen LogP contribution in [0.5, 0.6) is 23.0 Å². The Labute approximate surface area is 320 Å². The second kappa shape index (κ2) is 13.5. The van der Waals surface area contributed by atoms with Gasteiger partial charge in [0.2, 0.25) is 0 Å². The summed E-state index contributed by atoms with van der Waals surface area (Å²) < 4.78 is 24.6. The van der Waals surface area contributed by atoms with E-state index in [1.807, 2.05) is 72.8 Å². The number of benzene rings is 6. The maximum Gasteiger partial charge on any atom is 0.262 e. The lowest BCUT2D eigenvalue weighted by Gasteiger charge is -2.30. The van der Waals surface area contributed by atoms with Gasteiger partial charge in [0, 0.05) is 33.4 Å². The Bertz CT molecular complexity index is 2560. The quantitative estimate of drug-likeness (QED) is 0.156. The summed E-state index contributed by atoms with van der Waals surface area (Å²) in [7, 11) is 6.70. The number of nitrogens with zero attached hydrogens (tertiary/aromatic N) is 4. The molecule has 0 unspecified atom stereocenters. The van der Waals surface area contributed by atoms with Crippen molar-refractivity contribution in [3.63, 3.8) is 0 Å². The molecule has 270 valence electrons. The Morgan fingerprint density at radius 2 is 0.927 bits per heavy atom. The number of aromatic nitrogens is 2. The first kappa shape index (κ1) is 33.9. The smallest absolute Gasteiger partial charge is 0.262 e. The molecule has 0 fully saturated rings. The average molecular weight is 723 g/mol. The SMILES string of the molecule is COc1ccc(C2=NC3(N=C2c2ccc(OC)cc2)c2cccc(C)c2-c2ccccc2-c2nc(-c4ccc(OC)cc4)c(-c4ccc(OC)cc4)n23)cc1. The molecule has 2 aliphatic rings. The molecule has 6 aromatic carbocycles. The van der Waals surface area contributed by atoms with Gasteiger partial charge >= 0.3 is 0 Å². The Kier molecular flexibility index (Phi) is 8.31. The van der Waals surface area contributed by atoms with E-state index in [1.165, 1.54) is 0 Å². The number of imidazole rings is 1. The maximum atomic E-state index is 5.85. The van der Waals surface area contributed by atoms with E-state index in [1.54, 1.807) is 28.4 Å². The molecule has 8 heteroatoms. The summed E-state index contributed by atoms with van der Waals surface area (Å²) in [5.74, 6) is 2.46. The molecule has 0 bridgehead atoms. The number of hydrogen-bond donors (Lipinski definition) is 0. The molecule has 3 heterocycles. The fourth-order valence-corrected chi connectivity index (χ4v) is 7.75. The fraction of sp³-hybridized carbons (Fsp3) is 0.128. The van der Waals surface area contributed by atoms with Gasteiger partial charge in [-0.15, -0.1) is 0 Å². The highest BCUT2D eigenvalue weighted by Gasteiger charge is 2.48. The minimum absolute atomic E-state index is 0.748. The van der Waals surface area contributed by atoms with Crippen LogP contribution < -0.4 is 18.9 Å². The van der Waals surface area contributed by atoms with Gasteiger partial charge in [-0.1, -0.05) is 42.5 Å². The summed E-state index contributed by atoms with van der Waals surface area (Å²) >= 11 is 0. The molecule has 0 saturated heterocycles. The minimum Gasteiger partial charge on any atom is -0.497 e. The van der Waals surface area contributed by atoms with Crippen LogP contribution in [0, 0.1) is 6.92 Å². The van der Waals surface area contributed by atoms with Crippen molar-refractivity contribution in [1.29, 1.82) is 0 Å². The topological polar surface area (TPSA) is 79.5 Å². The number of ether oxygens (including phenoxy) is 4. The number of fused-ring (bicyclic) bond motifs is 7. The minimum atomic E-state index is -1.33. The van der Waals surface area contributed by atoms with E-state index >= 15 is 0 Å². The van der Waals surface area contributed by atoms with Gasteiger partial charge in [-0.2, -0.15) is 0 Å². The molecular formula is C47H38N4O4. The number of aliphatic imine (C=N–C) groups is 2. The molecule has 0 saturated carbocycles. The monoisotopic (exact) mass is 722 g/mol. The highest BCUT2D eigenvalue weighted by molar-refractivity contribution is 6.54. The number of aryl methyl sites for hydroxylation is 1. The average Bonchev–Trinajstić information content (AvgIpc) is 3.83. The third-order valence-electron chi connectivity index (χ3n) is 10.5. The van der Waals surface area contributed by atoms with Crippen LogP contribution in [0.15, 0.2) is 150 Å². The van der Waals surface area contributed by atoms with Crippen LogP contribution in [-0.4, -0.2) is 49.4 Å². The third kappa shape index (κ3) is 5.48. The predicted molar refractivity (Wildman–Crippen MR) is 218 cm³/mol. The predicted octanol–water partition coefficient (Wildman–Crippen LogP) is 9.86. The van der Waals surface area contributed by atoms with E-state index in [2.05, 4.69) is 78.2 Å². The lowest BCUT2D eigenvalue weighted by Crippen LogP contribution is -2.31. The summed E-state index contributed by atoms with van der Waals surface area (Å²) in [6, 6.07) is 47.1. The van der Waals surface area contributed by atoms with Crippen LogP contribution >= 0.6 is 0 Å². The van der Waals surface area contributed by atoms with Crippen molar-refractivity contribution in [3.8, 4) is 68.0 Å². The first-order valence-corrected chi connectivity index (χ1v) is 18.1. The lowest BCUT2D eigenvalue weighted by molar-refractivity contribution is 0.411. The van der Waals surface area contributed by atoms with E-state index in [0.717, 1.165) is 102 Å². The second-order valence-electron chi connectivity index (χ2n) is 13.5. The first-order valence-electron chi connectivity index (χ1n) is 18.1. The molecular weight excluding hydrogens is 685 g/mol. The van der Waals surface area contributed by atoms with Crippen molar-refractivity contribution in [2.45, 2.75) is 12.7 Å². The summed E-state index contributed by atoms with van der Waals surface area (Å²) in [5.41, 5.74) is 12.0. The standard InChI is InChI=1S/C47H38N4O4/c1-29-9-8-12-40-41(29)38-10-6-7-11-39(38)46-48-44(32-17-25-36(54-4)26-18-32)45(33-19-27-37(55-5)28-20-33)51(46)47(40)49-42(30-13-21-34(52-2)22-14-30)43(50-47)31-15-23-35(53-3)24-16-31/h6-28H,1-5H3. The van der Waals surface area contributed by atoms with E-state index in [0.29, 0.717) is 0 Å². The molecule has 0 aliphatic carbocycles. The van der Waals surface area contributed by atoms with Gasteiger partial charge < -0.3 is 18.9 Å². The second-order valence-corrected chi connectivity index (χ2v) is 13.5. The van der Waals surface area contributed by atoms with Crippen molar-refractivity contribution in [2.75, 3.05) is 28.4 Å². The Morgan fingerprint density at radius 1 is 0.473 bits per heavy atom. The van der Waals surface area contributed by atoms with Crippen LogP contribution in [0.4, 0.5) is 0 Å². The Balaban J connectivity index is 1.46. The zero-order chi connectivity index (χ0) is 37.7. The fourth-order valence-electron chi connectivity index (χ4n) is 7.75. The first-order chi connectivity index (χ1) is 27.0. The summed E-state index contributed by atoms with van der Waals surface area (Å²) in [6.45, 7) is 2.15. The van der Waals surface area contributed by atoms with Gasteiger partial charge in [0.05, 0.1) is 51.3 Å². The molecule has 0 N–H and O–H groups in total. The molecule has 9 rings (SSSR count). The van der Waals surface area contributed by atoms with Crippen molar-refractivity contribution in [1.82, 2.24) is 9.55 Å². The molecule has 7 aromatic rings. The van der Waals surface area contributed by atoms with Gasteiger partial charge in [-0.3, -0.25) is 4.57 Å². The largest absolute Gasteiger partial charge is 0.497 e. The van der Waals surface area contributed by atoms with Crippen LogP contribution in [0.25, 0.3) is 45.0 Å². The van der Waals surface area contributed by atoms with Crippen LogP contribution in [0.1, 0.15) is 22.3 Å². The molecule has 8 nitrogen and oxygen atoms in total. The summed E-state index contributed by atoms with van der Waals surface area (Å²) in [4.78, 5) is 17.3. The molecule has 0 amide bonds. The van der Waals surface area contributed by atoms with E-state index < -0.39 is 5.79 Å². The van der Waals surface area contributed by atoms with Gasteiger partial charge in [-0.25, -0.2) is 15.0 Å². The van der Waals surface area contributed by atoms with Crippen LogP contribution in [-0.2, 0) is 5.79 Å². The number of rotatable bonds is 8. The molecule has 55 heavy (non-hydrogen) atoms. The third-order valence-corrected chi connectivity index (χ3v) is 10.5. The van der Waals surface area contributed by atoms with Gasteiger partial charge in [0.1, 0.15) is 28.8 Å². The molecule has 0 atom stereocenters. The van der Waals surface area contributed by atoms with E-state index in [9.17, 15) is 0 Å². The molecule has 0 radical (unpaired) electrons. The molecule has 2 aliphatic heterocycles. The van der Waals surface area contributed by atoms with Crippen molar-refractivity contribution < 1.29 is 18.9 Å². The zero-order valence-electron chi connectivity index (χ0n) is 31.2. The van der Waals surface area contributed by atoms with E-state index in [-0.39, 0.29) is 0 Å². The highest BCUT2D eigenvalue weighted by Crippen LogP contribution is 2.53. The van der Waals surface area contributed by atoms with Gasteiger partial charge in [-0.05, 0) is 121 Å². The van der Waals surface area contributed by atoms with Gasteiger partial charge in [0.25, 0.3) is 5.79 Å². The Morgan fingerprint density at radius 3 is 1.42 bits per heavy atom. The molecule has 1 spiro atoms. The van der Waals surface area contributed by atoms with Gasteiger partial charge in [0.15, 0.2) is 0 Å². The molecule has 1 aromatic heterocycles. The number of methoxy groups -OCH3 is 4. The van der Waals surface area contributed by atoms with Crippen LogP contribution in [0.3, 0.4) is 0 Å². The Hall–Kier alpha value is -6.93. The van der Waals surface area contributed by atoms with Crippen molar-refractivity contribution in [3.05, 3.63) is 162 Å². The highest BCUT2D eigenvalue weighted by atomic mass is 16.5. The lowest BCUT2D eigenvalue weighted by atomic mass is 9.90. The summed E-state index contributed by atoms with van der Waals surface area (Å²) in [5, 5.41) is 0. The normalized spacial score (nSPS) is 13.5. The maximum absolute atomic E-state index is 5.85. The zero-order valence-corrected chi connectivity index (χ0v) is 31.2. The number of hydrogen-bond acceptors (Lipinski definition) is 7. The van der Waals surface area contributed by atoms with Crippen LogP contribution in [0.2, 0.25) is 0 Å².